The van der Waals surface area contributed by atoms with E-state index in [1.54, 1.807) is 0 Å². The highest BCUT2D eigenvalue weighted by Crippen LogP contribution is 2.57. The summed E-state index contributed by atoms with van der Waals surface area (Å²) in [4.78, 5) is 0. The van der Waals surface area contributed by atoms with Crippen LogP contribution in [0, 0.1) is 0 Å². The highest BCUT2D eigenvalue weighted by molar-refractivity contribution is 7.05. The molecule has 3 heteroatoms. The first kappa shape index (κ1) is 13.8. The lowest BCUT2D eigenvalue weighted by Crippen LogP contribution is -2.73. The van der Waals surface area contributed by atoms with Gasteiger partial charge in [0.05, 0.1) is 0 Å². The van der Waals surface area contributed by atoms with Gasteiger partial charge in [-0.25, -0.2) is 0 Å². The van der Waals surface area contributed by atoms with Gasteiger partial charge in [-0.1, -0.05) is 75.9 Å². The Morgan fingerprint density at radius 2 is 1.62 bits per heavy atom. The zero-order valence-electron chi connectivity index (χ0n) is 13.8. The molecule has 0 radical (unpaired) electrons. The minimum absolute atomic E-state index is 0.483. The first-order valence-electron chi connectivity index (χ1n) is 8.94. The van der Waals surface area contributed by atoms with E-state index < -0.39 is 14.4 Å². The highest BCUT2D eigenvalue weighted by atomic mass is 28.3. The Morgan fingerprint density at radius 1 is 1.00 bits per heavy atom. The fourth-order valence-corrected chi connectivity index (χ4v) is 8.85. The maximum Gasteiger partial charge on any atom is 0.304 e. The van der Waals surface area contributed by atoms with Gasteiger partial charge in [0.1, 0.15) is 11.9 Å². The van der Waals surface area contributed by atoms with Crippen molar-refractivity contribution < 1.29 is 4.48 Å². The molecule has 1 nitrogen and oxygen atoms in total. The summed E-state index contributed by atoms with van der Waals surface area (Å²) < 4.78 is 2.77. The van der Waals surface area contributed by atoms with E-state index in [4.69, 9.17) is 0 Å². The number of pyridine rings is 1. The van der Waals surface area contributed by atoms with Gasteiger partial charge in [0.25, 0.3) is 0 Å². The van der Waals surface area contributed by atoms with Gasteiger partial charge in [-0.05, 0) is 12.1 Å². The number of rotatable bonds is 1. The van der Waals surface area contributed by atoms with Crippen molar-refractivity contribution in [1.82, 2.24) is 0 Å². The molecule has 0 amide bonds. The largest absolute Gasteiger partial charge is 0.417 e. The van der Waals surface area contributed by atoms with Crippen LogP contribution in [0.2, 0.25) is 31.3 Å². The van der Waals surface area contributed by atoms with E-state index in [2.05, 4.69) is 54.6 Å². The second-order valence-electron chi connectivity index (χ2n) is 8.72. The maximum absolute atomic E-state index is 2.77. The van der Waals surface area contributed by atoms with E-state index in [1.165, 1.54) is 44.2 Å². The molecule has 4 rings (SSSR count). The Morgan fingerprint density at radius 3 is 2.19 bits per heavy atom. The SMILES string of the molecule is C[Si](C)(C)C1=Cc2cccc[n+]2[B-]12C1CCCC2CCC1. The normalized spacial score (nSPS) is 34.7. The Bertz CT molecular complexity index is 579. The molecule has 3 aliphatic heterocycles. The van der Waals surface area contributed by atoms with Gasteiger partial charge in [-0.3, -0.25) is 0 Å². The van der Waals surface area contributed by atoms with Gasteiger partial charge in [-0.2, -0.15) is 5.10 Å². The number of hydrogen-bond donors (Lipinski definition) is 0. The molecular formula is C18H28BNSi. The van der Waals surface area contributed by atoms with Gasteiger partial charge in [-0.15, -0.1) is 0 Å². The van der Waals surface area contributed by atoms with Crippen LogP contribution in [0.25, 0.3) is 6.08 Å². The van der Waals surface area contributed by atoms with Crippen LogP contribution in [0.5, 0.6) is 0 Å². The second kappa shape index (κ2) is 4.58. The lowest BCUT2D eigenvalue weighted by Gasteiger charge is -2.55. The summed E-state index contributed by atoms with van der Waals surface area (Å²) in [6.07, 6.45) is 13.4. The third-order valence-corrected chi connectivity index (χ3v) is 9.13. The molecule has 0 aromatic carbocycles. The fourth-order valence-electron chi connectivity index (χ4n) is 6.27. The van der Waals surface area contributed by atoms with E-state index >= 15 is 0 Å². The van der Waals surface area contributed by atoms with Crippen molar-refractivity contribution in [3.63, 3.8) is 0 Å². The number of nitrogens with zero attached hydrogens (tertiary/aromatic N) is 1. The van der Waals surface area contributed by atoms with Crippen LogP contribution < -0.4 is 4.48 Å². The summed E-state index contributed by atoms with van der Waals surface area (Å²) in [7, 11) is -1.28. The van der Waals surface area contributed by atoms with Gasteiger partial charge in [0.15, 0.2) is 0 Å². The molecule has 2 saturated heterocycles. The van der Waals surface area contributed by atoms with Crippen molar-refractivity contribution in [1.29, 1.82) is 0 Å². The summed E-state index contributed by atoms with van der Waals surface area (Å²) in [6, 6.07) is 6.83. The molecule has 2 bridgehead atoms. The molecule has 1 spiro atoms. The van der Waals surface area contributed by atoms with E-state index in [0.29, 0.717) is 0 Å². The molecule has 1 aromatic rings. The maximum atomic E-state index is 2.77. The fraction of sp³-hybridized carbons (Fsp3) is 0.611. The summed E-state index contributed by atoms with van der Waals surface area (Å²) in [5, 5.41) is 1.91. The molecule has 0 unspecified atom stereocenters. The van der Waals surface area contributed by atoms with E-state index in [0.717, 1.165) is 11.6 Å². The molecule has 0 atom stereocenters. The van der Waals surface area contributed by atoms with E-state index in [9.17, 15) is 0 Å². The molecule has 0 N–H and O–H groups in total. The second-order valence-corrected chi connectivity index (χ2v) is 13.8. The molecule has 1 aromatic heterocycles. The van der Waals surface area contributed by atoms with Gasteiger partial charge >= 0.3 is 6.28 Å². The molecule has 3 aliphatic rings. The number of aromatic nitrogens is 1. The van der Waals surface area contributed by atoms with Gasteiger partial charge in [0, 0.05) is 14.1 Å². The quantitative estimate of drug-likeness (QED) is 0.662. The molecular weight excluding hydrogens is 269 g/mol. The van der Waals surface area contributed by atoms with Crippen molar-refractivity contribution in [2.45, 2.75) is 69.8 Å². The smallest absolute Gasteiger partial charge is 0.304 e. The average molecular weight is 297 g/mol. The predicted molar refractivity (Wildman–Crippen MR) is 94.3 cm³/mol. The number of hydrogen-bond acceptors (Lipinski definition) is 0. The van der Waals surface area contributed by atoms with Crippen LogP contribution in [0.15, 0.2) is 29.5 Å². The third kappa shape index (κ3) is 1.79. The van der Waals surface area contributed by atoms with Crippen molar-refractivity contribution in [2.24, 2.45) is 0 Å². The van der Waals surface area contributed by atoms with Crippen LogP contribution in [-0.4, -0.2) is 14.4 Å². The molecule has 4 heterocycles. The average Bonchev–Trinajstić information content (AvgIpc) is 2.75. The van der Waals surface area contributed by atoms with Crippen LogP contribution in [0.4, 0.5) is 0 Å². The van der Waals surface area contributed by atoms with E-state index in [-0.39, 0.29) is 0 Å². The predicted octanol–water partition coefficient (Wildman–Crippen LogP) is 4.69. The minimum Gasteiger partial charge on any atom is -0.417 e. The number of fused-ring (bicyclic) bond motifs is 1. The van der Waals surface area contributed by atoms with Gasteiger partial charge in [0.2, 0.25) is 0 Å². The molecule has 0 saturated carbocycles. The topological polar surface area (TPSA) is 3.88 Å². The standard InChI is InChI=1S/C18H28BNSi/c1-21(2,3)18-14-17-12-4-5-13-20(17)19(18)15-8-6-9-16(19)11-7-10-15/h4-5,12-16H,6-11H2,1-3H3. The summed E-state index contributed by atoms with van der Waals surface area (Å²) >= 11 is 0. The van der Waals surface area contributed by atoms with Crippen LogP contribution >= 0.6 is 0 Å². The zero-order valence-corrected chi connectivity index (χ0v) is 14.8. The minimum atomic E-state index is -1.28. The summed E-state index contributed by atoms with van der Waals surface area (Å²) in [6.45, 7) is 7.71. The first-order chi connectivity index (χ1) is 10.0. The van der Waals surface area contributed by atoms with Crippen LogP contribution in [0.1, 0.15) is 44.2 Å². The Hall–Kier alpha value is -0.828. The Balaban J connectivity index is 1.97. The molecule has 2 fully saturated rings. The lowest BCUT2D eigenvalue weighted by molar-refractivity contribution is -0.550. The van der Waals surface area contributed by atoms with Crippen molar-refractivity contribution in [2.75, 3.05) is 0 Å². The van der Waals surface area contributed by atoms with Gasteiger partial charge < -0.3 is 4.48 Å². The zero-order chi connectivity index (χ0) is 14.7. The van der Waals surface area contributed by atoms with Crippen LogP contribution in [0.3, 0.4) is 0 Å². The summed E-state index contributed by atoms with van der Waals surface area (Å²) in [5.41, 5.74) is 1.49. The monoisotopic (exact) mass is 297 g/mol. The van der Waals surface area contributed by atoms with Crippen molar-refractivity contribution in [3.05, 3.63) is 35.2 Å². The van der Waals surface area contributed by atoms with E-state index in [1.807, 2.05) is 5.10 Å². The Kier molecular flexibility index (Phi) is 3.01. The summed E-state index contributed by atoms with van der Waals surface area (Å²) in [5.74, 6) is 1.90. The molecule has 0 aliphatic carbocycles. The molecule has 112 valence electrons. The first-order valence-corrected chi connectivity index (χ1v) is 12.4. The molecule has 21 heavy (non-hydrogen) atoms. The van der Waals surface area contributed by atoms with Crippen LogP contribution in [-0.2, 0) is 0 Å². The van der Waals surface area contributed by atoms with Crippen molar-refractivity contribution in [3.8, 4) is 0 Å². The third-order valence-electron chi connectivity index (χ3n) is 6.79. The Labute approximate surface area is 130 Å². The lowest BCUT2D eigenvalue weighted by atomic mass is 9.17. The highest BCUT2D eigenvalue weighted by Gasteiger charge is 2.60. The van der Waals surface area contributed by atoms with Crippen molar-refractivity contribution >= 4 is 20.4 Å².